The molecule has 0 saturated heterocycles. The van der Waals surface area contributed by atoms with Crippen molar-refractivity contribution in [1.29, 1.82) is 0 Å². The minimum absolute atomic E-state index is 0.0577. The second-order valence-electron chi connectivity index (χ2n) is 9.20. The van der Waals surface area contributed by atoms with Gasteiger partial charge in [-0.25, -0.2) is 17.2 Å². The van der Waals surface area contributed by atoms with Crippen molar-refractivity contribution in [3.8, 4) is 11.1 Å². The highest BCUT2D eigenvalue weighted by Gasteiger charge is 2.25. The predicted octanol–water partition coefficient (Wildman–Crippen LogP) is 5.21. The number of nitrogens with zero attached hydrogens (tertiary/aromatic N) is 1. The molecule has 0 spiro atoms. The van der Waals surface area contributed by atoms with Crippen molar-refractivity contribution >= 4 is 15.7 Å². The van der Waals surface area contributed by atoms with Crippen LogP contribution >= 0.6 is 0 Å². The lowest BCUT2D eigenvalue weighted by atomic mass is 9.98. The van der Waals surface area contributed by atoms with Crippen molar-refractivity contribution in [2.75, 3.05) is 6.26 Å². The third-order valence-electron chi connectivity index (χ3n) is 6.68. The molecule has 0 unspecified atom stereocenters. The first-order chi connectivity index (χ1) is 17.1. The monoisotopic (exact) mass is 514 g/mol. The fourth-order valence-electron chi connectivity index (χ4n) is 4.75. The Morgan fingerprint density at radius 1 is 1.11 bits per heavy atom. The van der Waals surface area contributed by atoms with E-state index in [1.54, 1.807) is 31.3 Å². The lowest BCUT2D eigenvalue weighted by Crippen LogP contribution is -2.31. The molecule has 1 saturated carbocycles. The first-order valence-electron chi connectivity index (χ1n) is 11.8. The number of aromatic nitrogens is 1. The number of hydrogen-bond donors (Lipinski definition) is 1. The zero-order chi connectivity index (χ0) is 26.0. The molecule has 0 bridgehead atoms. The Bertz CT molecular complexity index is 1440. The fraction of sp³-hybridized carbons (Fsp3) is 0.333. The van der Waals surface area contributed by atoms with E-state index in [2.05, 4.69) is 5.32 Å². The Labute approximate surface area is 208 Å². The molecule has 4 rings (SSSR count). The van der Waals surface area contributed by atoms with Crippen LogP contribution in [0.25, 0.3) is 11.1 Å². The first kappa shape index (κ1) is 25.8. The van der Waals surface area contributed by atoms with E-state index in [0.29, 0.717) is 16.8 Å². The Morgan fingerprint density at radius 3 is 2.39 bits per heavy atom. The number of benzene rings is 2. The number of alkyl halides is 2. The molecule has 1 N–H and O–H groups in total. The van der Waals surface area contributed by atoms with E-state index >= 15 is 0 Å². The largest absolute Gasteiger partial charge is 0.348 e. The maximum atomic E-state index is 13.5. The number of rotatable bonds is 7. The molecular weight excluding hydrogens is 486 g/mol. The number of carbonyl (C=O) groups is 1. The molecule has 1 aliphatic rings. The molecule has 1 aromatic heterocycles. The van der Waals surface area contributed by atoms with E-state index in [-0.39, 0.29) is 34.2 Å². The molecule has 1 aliphatic carbocycles. The van der Waals surface area contributed by atoms with Gasteiger partial charge in [-0.3, -0.25) is 9.59 Å². The standard InChI is InChI=1S/C27H28F2N2O4S/c1-17-24(19-6-5-7-20(14-19)26(28)29)25(32)23(16-31(17)21-8-3-4-9-21)27(33)30-15-18-10-12-22(13-11-18)36(2,34)35/h5-7,10-14,16,21,26H,3-4,8-9,15H2,1-2H3,(H,30,33). The summed E-state index contributed by atoms with van der Waals surface area (Å²) in [6.45, 7) is 1.88. The number of sulfone groups is 1. The molecule has 9 heteroatoms. The second-order valence-corrected chi connectivity index (χ2v) is 11.2. The molecule has 3 aromatic rings. The molecule has 0 radical (unpaired) electrons. The van der Waals surface area contributed by atoms with Crippen LogP contribution in [0.3, 0.4) is 0 Å². The van der Waals surface area contributed by atoms with Gasteiger partial charge in [0.15, 0.2) is 9.84 Å². The lowest BCUT2D eigenvalue weighted by molar-refractivity contribution is 0.0948. The summed E-state index contributed by atoms with van der Waals surface area (Å²) in [6.07, 6.45) is 3.92. The number of amides is 1. The van der Waals surface area contributed by atoms with Crippen molar-refractivity contribution in [3.63, 3.8) is 0 Å². The fourth-order valence-corrected chi connectivity index (χ4v) is 5.38. The summed E-state index contributed by atoms with van der Waals surface area (Å²) in [5.41, 5.74) is 1.15. The van der Waals surface area contributed by atoms with E-state index < -0.39 is 27.6 Å². The minimum Gasteiger partial charge on any atom is -0.348 e. The molecule has 1 heterocycles. The summed E-state index contributed by atoms with van der Waals surface area (Å²) in [5.74, 6) is -0.579. The SMILES string of the molecule is Cc1c(-c2cccc(C(F)F)c2)c(=O)c(C(=O)NCc2ccc(S(C)(=O)=O)cc2)cn1C1CCCC1. The average molecular weight is 515 g/mol. The van der Waals surface area contributed by atoms with Crippen LogP contribution in [-0.2, 0) is 16.4 Å². The van der Waals surface area contributed by atoms with Gasteiger partial charge in [-0.15, -0.1) is 0 Å². The van der Waals surface area contributed by atoms with E-state index in [4.69, 9.17) is 0 Å². The number of hydrogen-bond acceptors (Lipinski definition) is 4. The summed E-state index contributed by atoms with van der Waals surface area (Å²) >= 11 is 0. The zero-order valence-corrected chi connectivity index (χ0v) is 20.9. The first-order valence-corrected chi connectivity index (χ1v) is 13.7. The highest BCUT2D eigenvalue weighted by Crippen LogP contribution is 2.33. The molecule has 190 valence electrons. The highest BCUT2D eigenvalue weighted by molar-refractivity contribution is 7.90. The smallest absolute Gasteiger partial charge is 0.263 e. The Kier molecular flexibility index (Phi) is 7.40. The van der Waals surface area contributed by atoms with Gasteiger partial charge in [0.1, 0.15) is 5.56 Å². The van der Waals surface area contributed by atoms with Gasteiger partial charge >= 0.3 is 0 Å². The van der Waals surface area contributed by atoms with E-state index in [0.717, 1.165) is 31.9 Å². The van der Waals surface area contributed by atoms with Gasteiger partial charge in [-0.2, -0.15) is 0 Å². The summed E-state index contributed by atoms with van der Waals surface area (Å²) < 4.78 is 52.0. The van der Waals surface area contributed by atoms with Crippen LogP contribution in [0, 0.1) is 6.92 Å². The van der Waals surface area contributed by atoms with Gasteiger partial charge in [0.25, 0.3) is 12.3 Å². The summed E-state index contributed by atoms with van der Waals surface area (Å²) in [4.78, 5) is 26.9. The second kappa shape index (κ2) is 10.3. The van der Waals surface area contributed by atoms with Gasteiger partial charge in [0, 0.05) is 41.9 Å². The topological polar surface area (TPSA) is 85.2 Å². The molecule has 36 heavy (non-hydrogen) atoms. The van der Waals surface area contributed by atoms with Gasteiger partial charge < -0.3 is 9.88 Å². The molecular formula is C27H28F2N2O4S. The van der Waals surface area contributed by atoms with Crippen LogP contribution in [0.2, 0.25) is 0 Å². The quantitative estimate of drug-likeness (QED) is 0.469. The van der Waals surface area contributed by atoms with Crippen LogP contribution < -0.4 is 10.7 Å². The number of nitrogens with one attached hydrogen (secondary N) is 1. The summed E-state index contributed by atoms with van der Waals surface area (Å²) in [5, 5.41) is 2.74. The third-order valence-corrected chi connectivity index (χ3v) is 7.81. The zero-order valence-electron chi connectivity index (χ0n) is 20.1. The van der Waals surface area contributed by atoms with Crippen molar-refractivity contribution in [2.45, 2.75) is 56.5 Å². The Balaban J connectivity index is 1.71. The van der Waals surface area contributed by atoms with Crippen molar-refractivity contribution in [2.24, 2.45) is 0 Å². The molecule has 0 aliphatic heterocycles. The Morgan fingerprint density at radius 2 is 1.78 bits per heavy atom. The minimum atomic E-state index is -3.33. The van der Waals surface area contributed by atoms with Crippen molar-refractivity contribution in [3.05, 3.63) is 87.3 Å². The van der Waals surface area contributed by atoms with Crippen LogP contribution in [0.1, 0.15) is 65.3 Å². The third kappa shape index (κ3) is 5.41. The molecule has 1 fully saturated rings. The number of carbonyl (C=O) groups excluding carboxylic acids is 1. The van der Waals surface area contributed by atoms with Crippen molar-refractivity contribution < 1.29 is 22.0 Å². The normalized spacial score (nSPS) is 14.4. The van der Waals surface area contributed by atoms with Crippen LogP contribution in [0.4, 0.5) is 8.78 Å². The lowest BCUT2D eigenvalue weighted by Gasteiger charge is -2.22. The number of halogens is 2. The molecule has 6 nitrogen and oxygen atoms in total. The van der Waals surface area contributed by atoms with E-state index in [1.807, 2.05) is 4.57 Å². The van der Waals surface area contributed by atoms with Crippen molar-refractivity contribution in [1.82, 2.24) is 9.88 Å². The maximum absolute atomic E-state index is 13.5. The average Bonchev–Trinajstić information content (AvgIpc) is 3.37. The Hall–Kier alpha value is -3.33. The van der Waals surface area contributed by atoms with Gasteiger partial charge in [-0.1, -0.05) is 43.2 Å². The van der Waals surface area contributed by atoms with E-state index in [9.17, 15) is 26.8 Å². The summed E-state index contributed by atoms with van der Waals surface area (Å²) in [6, 6.07) is 12.0. The number of pyridine rings is 1. The predicted molar refractivity (Wildman–Crippen MR) is 134 cm³/mol. The molecule has 0 atom stereocenters. The van der Waals surface area contributed by atoms with Crippen LogP contribution in [0.15, 0.2) is 64.4 Å². The summed E-state index contributed by atoms with van der Waals surface area (Å²) in [7, 11) is -3.33. The van der Waals surface area contributed by atoms with Gasteiger partial charge in [-0.05, 0) is 49.1 Å². The molecule has 1 amide bonds. The maximum Gasteiger partial charge on any atom is 0.263 e. The van der Waals surface area contributed by atoms with E-state index in [1.165, 1.54) is 30.3 Å². The van der Waals surface area contributed by atoms with Crippen LogP contribution in [-0.4, -0.2) is 25.1 Å². The molecule has 2 aromatic carbocycles. The van der Waals surface area contributed by atoms with Gasteiger partial charge in [0.2, 0.25) is 5.43 Å². The van der Waals surface area contributed by atoms with Crippen LogP contribution in [0.5, 0.6) is 0 Å². The highest BCUT2D eigenvalue weighted by atomic mass is 32.2. The van der Waals surface area contributed by atoms with Gasteiger partial charge in [0.05, 0.1) is 4.90 Å².